The molecule has 0 amide bonds. The summed E-state index contributed by atoms with van der Waals surface area (Å²) < 4.78 is 13.0. The molecular weight excluding hydrogens is 223 g/mol. The molecule has 2 rings (SSSR count). The summed E-state index contributed by atoms with van der Waals surface area (Å²) in [6.07, 6.45) is 1.84. The maximum atomic E-state index is 13.0. The summed E-state index contributed by atoms with van der Waals surface area (Å²) in [5.74, 6) is -0.191. The summed E-state index contributed by atoms with van der Waals surface area (Å²) in [5, 5.41) is 3.33. The highest BCUT2D eigenvalue weighted by Crippen LogP contribution is 2.15. The van der Waals surface area contributed by atoms with E-state index in [4.69, 9.17) is 0 Å². The minimum atomic E-state index is -0.191. The highest BCUT2D eigenvalue weighted by atomic mass is 32.1. The topological polar surface area (TPSA) is 24.9 Å². The fraction of sp³-hybridized carbons (Fsp3) is 0.250. The van der Waals surface area contributed by atoms with Crippen LogP contribution in [0.15, 0.2) is 36.0 Å². The van der Waals surface area contributed by atoms with Crippen molar-refractivity contribution in [2.75, 3.05) is 0 Å². The van der Waals surface area contributed by atoms with Crippen LogP contribution >= 0.6 is 11.3 Å². The zero-order valence-corrected chi connectivity index (χ0v) is 9.80. The van der Waals surface area contributed by atoms with Crippen molar-refractivity contribution in [1.29, 1.82) is 0 Å². The van der Waals surface area contributed by atoms with Crippen LogP contribution in [0.1, 0.15) is 23.4 Å². The minimum absolute atomic E-state index is 0.137. The highest BCUT2D eigenvalue weighted by molar-refractivity contribution is 7.09. The quantitative estimate of drug-likeness (QED) is 0.882. The van der Waals surface area contributed by atoms with Gasteiger partial charge in [-0.05, 0) is 24.6 Å². The maximum Gasteiger partial charge on any atom is 0.123 e. The van der Waals surface area contributed by atoms with E-state index in [9.17, 15) is 4.39 Å². The van der Waals surface area contributed by atoms with Gasteiger partial charge in [-0.15, -0.1) is 11.3 Å². The van der Waals surface area contributed by atoms with Gasteiger partial charge in [-0.3, -0.25) is 4.98 Å². The second kappa shape index (κ2) is 5.18. The van der Waals surface area contributed by atoms with Crippen molar-refractivity contribution in [3.63, 3.8) is 0 Å². The molecule has 84 valence electrons. The van der Waals surface area contributed by atoms with Gasteiger partial charge in [0.25, 0.3) is 0 Å². The molecule has 0 unspecified atom stereocenters. The van der Waals surface area contributed by atoms with E-state index in [1.54, 1.807) is 23.5 Å². The molecule has 0 aliphatic carbocycles. The van der Waals surface area contributed by atoms with Gasteiger partial charge in [0, 0.05) is 23.7 Å². The Bertz CT molecular complexity index is 442. The lowest BCUT2D eigenvalue weighted by atomic mass is 10.1. The van der Waals surface area contributed by atoms with E-state index in [-0.39, 0.29) is 11.9 Å². The molecule has 2 nitrogen and oxygen atoms in total. The van der Waals surface area contributed by atoms with Gasteiger partial charge in [-0.2, -0.15) is 0 Å². The largest absolute Gasteiger partial charge is 0.305 e. The Morgan fingerprint density at radius 2 is 2.38 bits per heavy atom. The van der Waals surface area contributed by atoms with Crippen molar-refractivity contribution in [2.24, 2.45) is 0 Å². The molecule has 2 aromatic rings. The predicted octanol–water partition coefficient (Wildman–Crippen LogP) is 3.13. The molecule has 1 heterocycles. The second-order valence-corrected chi connectivity index (χ2v) is 4.60. The van der Waals surface area contributed by atoms with E-state index < -0.39 is 0 Å². The maximum absolute atomic E-state index is 13.0. The summed E-state index contributed by atoms with van der Waals surface area (Å²) in [7, 11) is 0. The zero-order valence-electron chi connectivity index (χ0n) is 8.98. The molecule has 0 spiro atoms. The van der Waals surface area contributed by atoms with Gasteiger partial charge in [0.1, 0.15) is 5.82 Å². The van der Waals surface area contributed by atoms with Crippen molar-refractivity contribution >= 4 is 11.3 Å². The Balaban J connectivity index is 1.95. The van der Waals surface area contributed by atoms with Crippen LogP contribution < -0.4 is 5.32 Å². The minimum Gasteiger partial charge on any atom is -0.305 e. The lowest BCUT2D eigenvalue weighted by Crippen LogP contribution is -2.17. The lowest BCUT2D eigenvalue weighted by molar-refractivity contribution is 0.568. The molecule has 1 aromatic heterocycles. The standard InChI is InChI=1S/C12H13FN2S/c1-9(10-3-2-4-11(13)5-10)15-7-12-6-14-8-16-12/h2-6,8-9,15H,7H2,1H3/t9-/m1/s1. The fourth-order valence-corrected chi connectivity index (χ4v) is 2.02. The normalized spacial score (nSPS) is 12.6. The Labute approximate surface area is 98.2 Å². The van der Waals surface area contributed by atoms with Crippen LogP contribution in [-0.2, 0) is 6.54 Å². The molecule has 0 saturated heterocycles. The number of thiazole rings is 1. The summed E-state index contributed by atoms with van der Waals surface area (Å²) in [6, 6.07) is 6.81. The van der Waals surface area contributed by atoms with Crippen LogP contribution in [-0.4, -0.2) is 4.98 Å². The van der Waals surface area contributed by atoms with E-state index in [2.05, 4.69) is 10.3 Å². The molecule has 1 atom stereocenters. The summed E-state index contributed by atoms with van der Waals surface area (Å²) in [4.78, 5) is 5.19. The molecule has 0 aliphatic heterocycles. The SMILES string of the molecule is C[C@@H](NCc1cncs1)c1cccc(F)c1. The van der Waals surface area contributed by atoms with Gasteiger partial charge in [0.15, 0.2) is 0 Å². The molecule has 1 N–H and O–H groups in total. The molecule has 0 aliphatic rings. The van der Waals surface area contributed by atoms with Gasteiger partial charge >= 0.3 is 0 Å². The number of nitrogens with zero attached hydrogens (tertiary/aromatic N) is 1. The van der Waals surface area contributed by atoms with Crippen LogP contribution in [0.4, 0.5) is 4.39 Å². The summed E-state index contributed by atoms with van der Waals surface area (Å²) in [5.41, 5.74) is 2.77. The molecule has 0 bridgehead atoms. The zero-order chi connectivity index (χ0) is 11.4. The van der Waals surface area contributed by atoms with E-state index in [1.165, 1.54) is 10.9 Å². The van der Waals surface area contributed by atoms with Crippen LogP contribution in [0, 0.1) is 5.82 Å². The van der Waals surface area contributed by atoms with E-state index in [0.29, 0.717) is 0 Å². The first-order chi connectivity index (χ1) is 7.75. The van der Waals surface area contributed by atoms with Gasteiger partial charge in [0.05, 0.1) is 5.51 Å². The van der Waals surface area contributed by atoms with E-state index >= 15 is 0 Å². The number of rotatable bonds is 4. The lowest BCUT2D eigenvalue weighted by Gasteiger charge is -2.13. The van der Waals surface area contributed by atoms with E-state index in [1.807, 2.05) is 24.7 Å². The van der Waals surface area contributed by atoms with Crippen molar-refractivity contribution in [2.45, 2.75) is 19.5 Å². The third-order valence-corrected chi connectivity index (χ3v) is 3.19. The third-order valence-electron chi connectivity index (χ3n) is 2.41. The van der Waals surface area contributed by atoms with Gasteiger partial charge in [-0.1, -0.05) is 12.1 Å². The third kappa shape index (κ3) is 2.87. The number of halogens is 1. The predicted molar refractivity (Wildman–Crippen MR) is 63.8 cm³/mol. The van der Waals surface area contributed by atoms with Crippen LogP contribution in [0.2, 0.25) is 0 Å². The average molecular weight is 236 g/mol. The van der Waals surface area contributed by atoms with Gasteiger partial charge in [-0.25, -0.2) is 4.39 Å². The number of aromatic nitrogens is 1. The monoisotopic (exact) mass is 236 g/mol. The smallest absolute Gasteiger partial charge is 0.123 e. The first kappa shape index (κ1) is 11.2. The van der Waals surface area contributed by atoms with Crippen molar-refractivity contribution < 1.29 is 4.39 Å². The first-order valence-electron chi connectivity index (χ1n) is 5.12. The van der Waals surface area contributed by atoms with Crippen LogP contribution in [0.25, 0.3) is 0 Å². The summed E-state index contributed by atoms with van der Waals surface area (Å²) >= 11 is 1.62. The Hall–Kier alpha value is -1.26. The van der Waals surface area contributed by atoms with Crippen molar-refractivity contribution in [1.82, 2.24) is 10.3 Å². The molecule has 4 heteroatoms. The Morgan fingerprint density at radius 1 is 1.50 bits per heavy atom. The summed E-state index contributed by atoms with van der Waals surface area (Å²) in [6.45, 7) is 2.79. The highest BCUT2D eigenvalue weighted by Gasteiger charge is 2.05. The van der Waals surface area contributed by atoms with Gasteiger partial charge in [0.2, 0.25) is 0 Å². The molecule has 0 saturated carbocycles. The Morgan fingerprint density at radius 3 is 3.06 bits per heavy atom. The number of hydrogen-bond acceptors (Lipinski definition) is 3. The number of hydrogen-bond donors (Lipinski definition) is 1. The average Bonchev–Trinajstić information content (AvgIpc) is 2.78. The molecule has 0 radical (unpaired) electrons. The molecule has 16 heavy (non-hydrogen) atoms. The van der Waals surface area contributed by atoms with E-state index in [0.717, 1.165) is 12.1 Å². The van der Waals surface area contributed by atoms with Crippen LogP contribution in [0.3, 0.4) is 0 Å². The Kier molecular flexibility index (Phi) is 3.64. The number of nitrogens with one attached hydrogen (secondary N) is 1. The molecule has 1 aromatic carbocycles. The van der Waals surface area contributed by atoms with Crippen molar-refractivity contribution in [3.8, 4) is 0 Å². The second-order valence-electron chi connectivity index (χ2n) is 3.63. The van der Waals surface area contributed by atoms with Gasteiger partial charge < -0.3 is 5.32 Å². The van der Waals surface area contributed by atoms with Crippen LogP contribution in [0.5, 0.6) is 0 Å². The van der Waals surface area contributed by atoms with Crippen molar-refractivity contribution in [3.05, 3.63) is 52.2 Å². The fourth-order valence-electron chi connectivity index (χ4n) is 1.48. The first-order valence-corrected chi connectivity index (χ1v) is 6.00. The molecular formula is C12H13FN2S. The molecule has 0 fully saturated rings. The number of benzene rings is 1.